The Morgan fingerprint density at radius 2 is 2.23 bits per heavy atom. The Bertz CT molecular complexity index is 978. The molecule has 1 amide bonds. The van der Waals surface area contributed by atoms with E-state index >= 15 is 0 Å². The number of allylic oxidation sites excluding steroid dienone is 1. The second-order valence-electron chi connectivity index (χ2n) is 7.22. The van der Waals surface area contributed by atoms with Gasteiger partial charge in [-0.05, 0) is 25.1 Å². The minimum Gasteiger partial charge on any atom is -0.491 e. The minimum atomic E-state index is -1.04. The Balaban J connectivity index is 1.51. The molecule has 1 aromatic rings. The van der Waals surface area contributed by atoms with Crippen molar-refractivity contribution >= 4 is 29.4 Å². The van der Waals surface area contributed by atoms with Gasteiger partial charge in [0.05, 0.1) is 35.4 Å². The van der Waals surface area contributed by atoms with Crippen molar-refractivity contribution in [1.29, 1.82) is 5.41 Å². The number of nitrogens with zero attached hydrogens (tertiary/aromatic N) is 2. The third kappa shape index (κ3) is 4.22. The van der Waals surface area contributed by atoms with E-state index in [4.69, 9.17) is 21.7 Å². The summed E-state index contributed by atoms with van der Waals surface area (Å²) >= 11 is 5.84. The molecule has 2 unspecified atom stereocenters. The second kappa shape index (κ2) is 8.53. The van der Waals surface area contributed by atoms with Crippen molar-refractivity contribution in [2.24, 2.45) is 4.99 Å². The van der Waals surface area contributed by atoms with Gasteiger partial charge in [0.1, 0.15) is 30.2 Å². The van der Waals surface area contributed by atoms with Crippen LogP contribution in [0.25, 0.3) is 0 Å². The van der Waals surface area contributed by atoms with E-state index in [1.165, 1.54) is 23.2 Å². The number of benzene rings is 1. The highest BCUT2D eigenvalue weighted by Crippen LogP contribution is 2.26. The average molecular weight is 436 g/mol. The highest BCUT2D eigenvalue weighted by atomic mass is 35.5. The maximum absolute atomic E-state index is 13.8. The van der Waals surface area contributed by atoms with E-state index in [0.717, 1.165) is 6.07 Å². The van der Waals surface area contributed by atoms with Crippen molar-refractivity contribution in [3.05, 3.63) is 52.2 Å². The highest BCUT2D eigenvalue weighted by molar-refractivity contribution is 6.39. The summed E-state index contributed by atoms with van der Waals surface area (Å²) < 4.78 is 33.2. The number of hydrogen-bond acceptors (Lipinski definition) is 6. The summed E-state index contributed by atoms with van der Waals surface area (Å²) in [7, 11) is 0. The zero-order chi connectivity index (χ0) is 21.3. The zero-order valence-electron chi connectivity index (χ0n) is 15.9. The van der Waals surface area contributed by atoms with Gasteiger partial charge in [-0.25, -0.2) is 13.8 Å². The fourth-order valence-electron chi connectivity index (χ4n) is 3.53. The molecule has 7 nitrogen and oxygen atoms in total. The summed E-state index contributed by atoms with van der Waals surface area (Å²) in [5.74, 6) is -0.456. The first kappa shape index (κ1) is 20.5. The van der Waals surface area contributed by atoms with E-state index < -0.39 is 23.9 Å². The van der Waals surface area contributed by atoms with Gasteiger partial charge >= 0.3 is 0 Å². The lowest BCUT2D eigenvalue weighted by Gasteiger charge is -2.19. The normalized spacial score (nSPS) is 26.0. The first-order chi connectivity index (χ1) is 14.4. The Morgan fingerprint density at radius 3 is 2.93 bits per heavy atom. The number of likely N-dealkylation sites (tertiary alicyclic amines) is 1. The smallest absolute Gasteiger partial charge is 0.258 e. The van der Waals surface area contributed by atoms with Crippen LogP contribution in [-0.4, -0.2) is 61.2 Å². The van der Waals surface area contributed by atoms with Crippen LogP contribution in [0.5, 0.6) is 5.75 Å². The third-order valence-corrected chi connectivity index (χ3v) is 5.36. The number of hydrogen-bond donors (Lipinski definition) is 3. The summed E-state index contributed by atoms with van der Waals surface area (Å²) in [6, 6.07) is 3.14. The predicted molar refractivity (Wildman–Crippen MR) is 109 cm³/mol. The van der Waals surface area contributed by atoms with Gasteiger partial charge in [-0.3, -0.25) is 4.79 Å². The van der Waals surface area contributed by atoms with Gasteiger partial charge in [-0.15, -0.1) is 0 Å². The van der Waals surface area contributed by atoms with Gasteiger partial charge in [-0.2, -0.15) is 0 Å². The van der Waals surface area contributed by atoms with Gasteiger partial charge in [0, 0.05) is 24.1 Å². The van der Waals surface area contributed by atoms with Crippen molar-refractivity contribution in [2.45, 2.75) is 18.6 Å². The van der Waals surface area contributed by atoms with E-state index in [9.17, 15) is 13.6 Å². The van der Waals surface area contributed by atoms with E-state index in [2.05, 4.69) is 15.6 Å². The first-order valence-corrected chi connectivity index (χ1v) is 9.86. The van der Waals surface area contributed by atoms with E-state index in [-0.39, 0.29) is 36.7 Å². The number of amides is 1. The summed E-state index contributed by atoms with van der Waals surface area (Å²) in [6.45, 7) is 0.784. The van der Waals surface area contributed by atoms with E-state index in [0.29, 0.717) is 29.4 Å². The lowest BCUT2D eigenvalue weighted by atomic mass is 10.1. The van der Waals surface area contributed by atoms with Crippen molar-refractivity contribution in [2.75, 3.05) is 26.2 Å². The molecule has 2 fully saturated rings. The van der Waals surface area contributed by atoms with Crippen LogP contribution in [0.4, 0.5) is 8.78 Å². The molecule has 0 aliphatic carbocycles. The van der Waals surface area contributed by atoms with Crippen LogP contribution in [0.15, 0.2) is 45.8 Å². The van der Waals surface area contributed by atoms with E-state index in [1.54, 1.807) is 6.20 Å². The highest BCUT2D eigenvalue weighted by Gasteiger charge is 2.32. The summed E-state index contributed by atoms with van der Waals surface area (Å²) in [4.78, 5) is 18.7. The number of alkyl halides is 1. The minimum absolute atomic E-state index is 0.0122. The van der Waals surface area contributed by atoms with E-state index in [1.807, 2.05) is 0 Å². The molecular formula is C20H20ClF2N5O2. The lowest BCUT2D eigenvalue weighted by molar-refractivity contribution is 0.0798. The summed E-state index contributed by atoms with van der Waals surface area (Å²) in [5.41, 5.74) is 0.973. The van der Waals surface area contributed by atoms with Crippen LogP contribution in [0.2, 0.25) is 0 Å². The molecule has 10 heteroatoms. The Labute approximate surface area is 176 Å². The maximum Gasteiger partial charge on any atom is 0.258 e. The Kier molecular flexibility index (Phi) is 5.83. The maximum atomic E-state index is 13.8. The molecule has 3 aliphatic rings. The van der Waals surface area contributed by atoms with Crippen LogP contribution in [-0.2, 0) is 0 Å². The van der Waals surface area contributed by atoms with Crippen molar-refractivity contribution < 1.29 is 18.3 Å². The number of carbonyl (C=O) groups excluding carboxylic acids is 1. The van der Waals surface area contributed by atoms with Crippen LogP contribution in [0.1, 0.15) is 16.8 Å². The fraction of sp³-hybridized carbons (Fsp3) is 0.350. The molecule has 2 atom stereocenters. The largest absolute Gasteiger partial charge is 0.491 e. The van der Waals surface area contributed by atoms with Gasteiger partial charge < -0.3 is 25.7 Å². The first-order valence-electron chi connectivity index (χ1n) is 9.48. The number of aliphatic imine (C=N–C) groups is 1. The molecule has 30 heavy (non-hydrogen) atoms. The number of nitrogens with one attached hydrogen (secondary N) is 3. The number of carbonyl (C=O) groups is 1. The van der Waals surface area contributed by atoms with Crippen molar-refractivity contribution in [1.82, 2.24) is 15.5 Å². The Morgan fingerprint density at radius 1 is 1.40 bits per heavy atom. The monoisotopic (exact) mass is 435 g/mol. The molecule has 3 aliphatic heterocycles. The fourth-order valence-corrected chi connectivity index (χ4v) is 3.64. The van der Waals surface area contributed by atoms with Crippen molar-refractivity contribution in [3.8, 4) is 5.75 Å². The molecule has 4 rings (SSSR count). The molecule has 3 heterocycles. The standard InChI is InChI=1S/C20H20ClF2N5O2/c21-11-6-26-19(27-7-11)14-8-28(9-16(14)24)20(29)13-2-1-12(22)5-18(13)30-10-17-15(23)3-4-25-17/h1-2,5-7,15,17,24-26H,3-4,8-10H2/b19-14+,24-16?. The predicted octanol–water partition coefficient (Wildman–Crippen LogP) is 2.35. The molecule has 2 saturated heterocycles. The quantitative estimate of drug-likeness (QED) is 0.677. The van der Waals surface area contributed by atoms with Gasteiger partial charge in [0.25, 0.3) is 5.91 Å². The molecule has 1 aromatic carbocycles. The molecule has 3 N–H and O–H groups in total. The second-order valence-corrected chi connectivity index (χ2v) is 7.65. The number of rotatable bonds is 4. The SMILES string of the molecule is N=C1CN(C(=O)c2ccc(F)cc2OCC2NCCC2F)C/C1=C1\N=CC(Cl)=CN1. The topological polar surface area (TPSA) is 89.8 Å². The molecular weight excluding hydrogens is 416 g/mol. The van der Waals surface area contributed by atoms with Crippen LogP contribution >= 0.6 is 11.6 Å². The molecule has 0 bridgehead atoms. The zero-order valence-corrected chi connectivity index (χ0v) is 16.7. The average Bonchev–Trinajstić information content (AvgIpc) is 3.32. The van der Waals surface area contributed by atoms with Gasteiger partial charge in [0.15, 0.2) is 0 Å². The summed E-state index contributed by atoms with van der Waals surface area (Å²) in [5, 5.41) is 14.5. The Hall–Kier alpha value is -2.78. The summed E-state index contributed by atoms with van der Waals surface area (Å²) in [6.07, 6.45) is 2.36. The molecule has 0 aromatic heterocycles. The van der Waals surface area contributed by atoms with Crippen LogP contribution in [0.3, 0.4) is 0 Å². The molecule has 0 saturated carbocycles. The molecule has 0 radical (unpaired) electrons. The van der Waals surface area contributed by atoms with Crippen molar-refractivity contribution in [3.63, 3.8) is 0 Å². The molecule has 158 valence electrons. The van der Waals surface area contributed by atoms with Gasteiger partial charge in [0.2, 0.25) is 0 Å². The molecule has 0 spiro atoms. The van der Waals surface area contributed by atoms with Gasteiger partial charge in [-0.1, -0.05) is 11.6 Å². The van der Waals surface area contributed by atoms with Crippen LogP contribution < -0.4 is 15.4 Å². The third-order valence-electron chi connectivity index (χ3n) is 5.15. The number of halogens is 3. The lowest BCUT2D eigenvalue weighted by Crippen LogP contribution is -2.35. The number of ether oxygens (including phenoxy) is 1. The van der Waals surface area contributed by atoms with Crippen LogP contribution in [0, 0.1) is 11.2 Å².